The number of carbonyl (C=O) groups is 1. The molecule has 7 heteroatoms. The summed E-state index contributed by atoms with van der Waals surface area (Å²) < 4.78 is 40.9. The molecule has 1 heterocycles. The van der Waals surface area contributed by atoms with Crippen molar-refractivity contribution in [1.82, 2.24) is 4.98 Å². The third-order valence-corrected chi connectivity index (χ3v) is 4.29. The summed E-state index contributed by atoms with van der Waals surface area (Å²) in [5, 5.41) is 9.58. The highest BCUT2D eigenvalue weighted by Crippen LogP contribution is 2.34. The number of fused-ring (bicyclic) bond motifs is 1. The largest absolute Gasteiger partial charge is 0.573 e. The van der Waals surface area contributed by atoms with E-state index in [-0.39, 0.29) is 16.9 Å². The lowest BCUT2D eigenvalue weighted by molar-refractivity contribution is -0.274. The van der Waals surface area contributed by atoms with Gasteiger partial charge in [-0.05, 0) is 37.1 Å². The van der Waals surface area contributed by atoms with Crippen LogP contribution in [0, 0.1) is 0 Å². The van der Waals surface area contributed by atoms with E-state index in [1.54, 1.807) is 0 Å². The summed E-state index contributed by atoms with van der Waals surface area (Å²) in [7, 11) is 0. The first-order valence-corrected chi connectivity index (χ1v) is 7.77. The van der Waals surface area contributed by atoms with Crippen LogP contribution in [0.15, 0.2) is 24.3 Å². The first-order valence-electron chi connectivity index (χ1n) is 7.77. The van der Waals surface area contributed by atoms with Crippen LogP contribution in [0.4, 0.5) is 13.2 Å². The van der Waals surface area contributed by atoms with Crippen molar-refractivity contribution in [1.29, 1.82) is 0 Å². The number of halogens is 3. The molecule has 0 saturated heterocycles. The van der Waals surface area contributed by atoms with E-state index in [0.717, 1.165) is 44.2 Å². The molecule has 1 aromatic carbocycles. The lowest BCUT2D eigenvalue weighted by atomic mass is 9.86. The van der Waals surface area contributed by atoms with Crippen molar-refractivity contribution in [2.45, 2.75) is 44.4 Å². The van der Waals surface area contributed by atoms with Crippen LogP contribution in [-0.2, 0) is 0 Å². The van der Waals surface area contributed by atoms with E-state index in [4.69, 9.17) is 0 Å². The first kappa shape index (κ1) is 16.5. The number of carboxylic acids is 1. The van der Waals surface area contributed by atoms with Crippen molar-refractivity contribution in [2.24, 2.45) is 0 Å². The molecule has 1 aliphatic carbocycles. The highest BCUT2D eigenvalue weighted by Gasteiger charge is 2.31. The molecular formula is C17H16F3NO3. The highest BCUT2D eigenvalue weighted by molar-refractivity contribution is 6.03. The van der Waals surface area contributed by atoms with Crippen molar-refractivity contribution in [3.63, 3.8) is 0 Å². The van der Waals surface area contributed by atoms with E-state index in [1.165, 1.54) is 12.1 Å². The molecule has 2 aromatic rings. The monoisotopic (exact) mass is 339 g/mol. The van der Waals surface area contributed by atoms with Crippen LogP contribution < -0.4 is 4.74 Å². The molecule has 24 heavy (non-hydrogen) atoms. The quantitative estimate of drug-likeness (QED) is 0.866. The summed E-state index contributed by atoms with van der Waals surface area (Å²) in [4.78, 5) is 16.0. The van der Waals surface area contributed by atoms with Crippen LogP contribution in [0.1, 0.15) is 54.1 Å². The molecule has 128 valence electrons. The predicted molar refractivity (Wildman–Crippen MR) is 81.2 cm³/mol. The van der Waals surface area contributed by atoms with Gasteiger partial charge in [-0.15, -0.1) is 13.2 Å². The Labute approximate surface area is 136 Å². The first-order chi connectivity index (χ1) is 11.3. The maximum atomic E-state index is 12.4. The average Bonchev–Trinajstić information content (AvgIpc) is 2.53. The fourth-order valence-corrected chi connectivity index (χ4v) is 3.21. The Bertz CT molecular complexity index is 768. The van der Waals surface area contributed by atoms with Crippen LogP contribution in [-0.4, -0.2) is 22.4 Å². The second-order valence-electron chi connectivity index (χ2n) is 5.96. The topological polar surface area (TPSA) is 59.4 Å². The Hall–Kier alpha value is -2.31. The molecule has 1 aliphatic rings. The molecule has 1 fully saturated rings. The fourth-order valence-electron chi connectivity index (χ4n) is 3.21. The van der Waals surface area contributed by atoms with E-state index >= 15 is 0 Å². The summed E-state index contributed by atoms with van der Waals surface area (Å²) in [6, 6.07) is 5.08. The Kier molecular flexibility index (Phi) is 4.34. The second kappa shape index (κ2) is 6.30. The van der Waals surface area contributed by atoms with Crippen LogP contribution in [0.25, 0.3) is 10.9 Å². The minimum atomic E-state index is -4.83. The Morgan fingerprint density at radius 1 is 1.17 bits per heavy atom. The number of hydrogen-bond acceptors (Lipinski definition) is 3. The van der Waals surface area contributed by atoms with Crippen LogP contribution in [0.2, 0.25) is 0 Å². The van der Waals surface area contributed by atoms with Crippen LogP contribution in [0.3, 0.4) is 0 Å². The van der Waals surface area contributed by atoms with Crippen molar-refractivity contribution >= 4 is 16.9 Å². The van der Waals surface area contributed by atoms with Gasteiger partial charge in [-0.25, -0.2) is 4.79 Å². The van der Waals surface area contributed by atoms with E-state index in [1.807, 2.05) is 0 Å². The average molecular weight is 339 g/mol. The number of rotatable bonds is 3. The van der Waals surface area contributed by atoms with Gasteiger partial charge in [-0.1, -0.05) is 19.3 Å². The number of aromatic nitrogens is 1. The van der Waals surface area contributed by atoms with E-state index < -0.39 is 18.1 Å². The fraction of sp³-hybridized carbons (Fsp3) is 0.412. The van der Waals surface area contributed by atoms with Gasteiger partial charge in [-0.3, -0.25) is 4.98 Å². The molecule has 0 spiro atoms. The van der Waals surface area contributed by atoms with Gasteiger partial charge in [0.15, 0.2) is 0 Å². The summed E-state index contributed by atoms with van der Waals surface area (Å²) in [5.74, 6) is -1.44. The standard InChI is InChI=1S/C17H16F3NO3/c18-17(19,20)24-11-6-7-14-12(8-11)13(16(22)23)9-15(21-14)10-4-2-1-3-5-10/h6-10H,1-5H2,(H,22,23). The maximum Gasteiger partial charge on any atom is 0.573 e. The molecule has 0 radical (unpaired) electrons. The van der Waals surface area contributed by atoms with Gasteiger partial charge in [0.05, 0.1) is 11.1 Å². The van der Waals surface area contributed by atoms with Crippen molar-refractivity contribution in [3.8, 4) is 5.75 Å². The lowest BCUT2D eigenvalue weighted by Gasteiger charge is -2.22. The van der Waals surface area contributed by atoms with E-state index in [2.05, 4.69) is 9.72 Å². The summed E-state index contributed by atoms with van der Waals surface area (Å²) >= 11 is 0. The zero-order valence-corrected chi connectivity index (χ0v) is 12.8. The Balaban J connectivity index is 2.06. The number of alkyl halides is 3. The molecule has 1 aromatic heterocycles. The van der Waals surface area contributed by atoms with Crippen LogP contribution >= 0.6 is 0 Å². The van der Waals surface area contributed by atoms with Crippen molar-refractivity contribution < 1.29 is 27.8 Å². The molecule has 0 unspecified atom stereocenters. The SMILES string of the molecule is O=C(O)c1cc(C2CCCCC2)nc2ccc(OC(F)(F)F)cc12. The third-order valence-electron chi connectivity index (χ3n) is 4.29. The smallest absolute Gasteiger partial charge is 0.478 e. The van der Waals surface area contributed by atoms with Gasteiger partial charge in [0.1, 0.15) is 5.75 Å². The van der Waals surface area contributed by atoms with Gasteiger partial charge in [0.2, 0.25) is 0 Å². The highest BCUT2D eigenvalue weighted by atomic mass is 19.4. The van der Waals surface area contributed by atoms with Crippen LogP contribution in [0.5, 0.6) is 5.75 Å². The zero-order chi connectivity index (χ0) is 17.3. The summed E-state index contributed by atoms with van der Waals surface area (Å²) in [5.41, 5.74) is 1.02. The minimum absolute atomic E-state index is 0.0480. The molecule has 1 saturated carbocycles. The molecule has 0 bridgehead atoms. The van der Waals surface area contributed by atoms with Gasteiger partial charge in [0.25, 0.3) is 0 Å². The van der Waals surface area contributed by atoms with E-state index in [9.17, 15) is 23.1 Å². The van der Waals surface area contributed by atoms with E-state index in [0.29, 0.717) is 11.2 Å². The molecule has 3 rings (SSSR count). The van der Waals surface area contributed by atoms with Gasteiger partial charge < -0.3 is 9.84 Å². The number of pyridine rings is 1. The molecule has 0 amide bonds. The molecule has 4 nitrogen and oxygen atoms in total. The number of nitrogens with zero attached hydrogens (tertiary/aromatic N) is 1. The number of carboxylic acid groups (broad SMARTS) is 1. The van der Waals surface area contributed by atoms with Gasteiger partial charge >= 0.3 is 12.3 Å². The maximum absolute atomic E-state index is 12.4. The zero-order valence-electron chi connectivity index (χ0n) is 12.8. The molecule has 1 N–H and O–H groups in total. The number of benzene rings is 1. The normalized spacial score (nSPS) is 16.3. The Morgan fingerprint density at radius 2 is 1.88 bits per heavy atom. The second-order valence-corrected chi connectivity index (χ2v) is 5.96. The molecule has 0 aliphatic heterocycles. The predicted octanol–water partition coefficient (Wildman–Crippen LogP) is 4.88. The molecular weight excluding hydrogens is 323 g/mol. The lowest BCUT2D eigenvalue weighted by Crippen LogP contribution is -2.17. The van der Waals surface area contributed by atoms with Gasteiger partial charge in [-0.2, -0.15) is 0 Å². The third kappa shape index (κ3) is 3.60. The number of ether oxygens (including phenoxy) is 1. The van der Waals surface area contributed by atoms with Gasteiger partial charge in [0, 0.05) is 17.0 Å². The summed E-state index contributed by atoms with van der Waals surface area (Å²) in [6.45, 7) is 0. The number of hydrogen-bond donors (Lipinski definition) is 1. The molecule has 0 atom stereocenters. The Morgan fingerprint density at radius 3 is 2.50 bits per heavy atom. The summed E-state index contributed by atoms with van der Waals surface area (Å²) in [6.07, 6.45) is 0.385. The van der Waals surface area contributed by atoms with Crippen molar-refractivity contribution in [2.75, 3.05) is 0 Å². The van der Waals surface area contributed by atoms with Crippen molar-refractivity contribution in [3.05, 3.63) is 35.5 Å². The number of aromatic carboxylic acids is 1. The minimum Gasteiger partial charge on any atom is -0.478 e.